The predicted octanol–water partition coefficient (Wildman–Crippen LogP) is 0.281. The van der Waals surface area contributed by atoms with Crippen molar-refractivity contribution in [1.82, 2.24) is 14.8 Å². The predicted molar refractivity (Wildman–Crippen MR) is 97.7 cm³/mol. The largest absolute Gasteiger partial charge is 0.454 e. The minimum Gasteiger partial charge on any atom is -0.454 e. The molecule has 1 atom stereocenters. The molecule has 1 unspecified atom stereocenters. The lowest BCUT2D eigenvalue weighted by Gasteiger charge is -2.33. The van der Waals surface area contributed by atoms with E-state index in [-0.39, 0.29) is 36.5 Å². The third kappa shape index (κ3) is 3.17. The van der Waals surface area contributed by atoms with E-state index in [1.807, 2.05) is 0 Å². The van der Waals surface area contributed by atoms with E-state index in [9.17, 15) is 14.7 Å². The Labute approximate surface area is 155 Å². The van der Waals surface area contributed by atoms with Crippen LogP contribution in [0.5, 0.6) is 11.5 Å². The van der Waals surface area contributed by atoms with Crippen molar-refractivity contribution in [2.45, 2.75) is 13.0 Å². The second-order valence-corrected chi connectivity index (χ2v) is 6.67. The van der Waals surface area contributed by atoms with Gasteiger partial charge in [-0.25, -0.2) is 0 Å². The number of carbonyl (C=O) groups is 1. The van der Waals surface area contributed by atoms with Crippen molar-refractivity contribution in [3.05, 3.63) is 51.9 Å². The number of amides is 1. The van der Waals surface area contributed by atoms with Crippen molar-refractivity contribution in [2.75, 3.05) is 33.0 Å². The Morgan fingerprint density at radius 1 is 1.30 bits per heavy atom. The van der Waals surface area contributed by atoms with Crippen LogP contribution in [0.15, 0.2) is 35.3 Å². The molecule has 2 aliphatic rings. The highest BCUT2D eigenvalue weighted by Gasteiger charge is 2.27. The van der Waals surface area contributed by atoms with Crippen LogP contribution in [0.3, 0.4) is 0 Å². The number of pyridine rings is 1. The number of benzene rings is 1. The maximum Gasteiger partial charge on any atom is 0.268 e. The second-order valence-electron chi connectivity index (χ2n) is 6.67. The van der Waals surface area contributed by atoms with E-state index in [4.69, 9.17) is 9.47 Å². The number of nitrogens with zero attached hydrogens (tertiary/aromatic N) is 2. The molecular weight excluding hydrogens is 350 g/mol. The molecule has 4 rings (SSSR count). The Balaban J connectivity index is 1.71. The summed E-state index contributed by atoms with van der Waals surface area (Å²) in [5.74, 6) is 0.888. The van der Waals surface area contributed by atoms with E-state index >= 15 is 0 Å². The number of aliphatic hydroxyl groups excluding tert-OH is 1. The van der Waals surface area contributed by atoms with Gasteiger partial charge in [-0.1, -0.05) is 0 Å². The molecule has 0 radical (unpaired) electrons. The summed E-state index contributed by atoms with van der Waals surface area (Å²) < 4.78 is 12.1. The molecule has 27 heavy (non-hydrogen) atoms. The third-order valence-electron chi connectivity index (χ3n) is 4.91. The van der Waals surface area contributed by atoms with E-state index in [0.29, 0.717) is 42.4 Å². The van der Waals surface area contributed by atoms with Gasteiger partial charge in [0, 0.05) is 37.9 Å². The monoisotopic (exact) mass is 371 g/mol. The van der Waals surface area contributed by atoms with E-state index in [0.717, 1.165) is 0 Å². The zero-order chi connectivity index (χ0) is 19.0. The van der Waals surface area contributed by atoms with Crippen LogP contribution in [0, 0.1) is 6.92 Å². The summed E-state index contributed by atoms with van der Waals surface area (Å²) in [6.07, 6.45) is 1.65. The molecule has 0 aliphatic carbocycles. The lowest BCUT2D eigenvalue weighted by molar-refractivity contribution is 0.0668. The first-order valence-electron chi connectivity index (χ1n) is 8.84. The van der Waals surface area contributed by atoms with Crippen molar-refractivity contribution in [3.63, 3.8) is 0 Å². The molecule has 0 bridgehead atoms. The summed E-state index contributed by atoms with van der Waals surface area (Å²) in [5, 5.41) is 12.5. The summed E-state index contributed by atoms with van der Waals surface area (Å²) in [5.41, 5.74) is 1.000. The summed E-state index contributed by atoms with van der Waals surface area (Å²) in [7, 11) is 0. The van der Waals surface area contributed by atoms with Gasteiger partial charge in [0.15, 0.2) is 11.5 Å². The van der Waals surface area contributed by atoms with Crippen LogP contribution in [0.25, 0.3) is 5.69 Å². The van der Waals surface area contributed by atoms with Crippen molar-refractivity contribution in [1.29, 1.82) is 0 Å². The average Bonchev–Trinajstić information content (AvgIpc) is 3.16. The SMILES string of the molecule is Cc1ccn(-c2ccc3c(c2)OCO3)c(=O)c1C(=O)N1CCNC(CO)C1. The topological polar surface area (TPSA) is 93.0 Å². The van der Waals surface area contributed by atoms with Crippen LogP contribution in [0.1, 0.15) is 15.9 Å². The molecule has 8 nitrogen and oxygen atoms in total. The fourth-order valence-corrected chi connectivity index (χ4v) is 3.42. The smallest absolute Gasteiger partial charge is 0.268 e. The Kier molecular flexibility index (Phi) is 4.59. The number of hydrogen-bond acceptors (Lipinski definition) is 6. The van der Waals surface area contributed by atoms with Crippen molar-refractivity contribution < 1.29 is 19.4 Å². The molecule has 1 amide bonds. The van der Waals surface area contributed by atoms with Crippen LogP contribution in [0.4, 0.5) is 0 Å². The number of aliphatic hydroxyl groups is 1. The third-order valence-corrected chi connectivity index (χ3v) is 4.91. The van der Waals surface area contributed by atoms with Crippen LogP contribution in [-0.2, 0) is 0 Å². The molecule has 0 spiro atoms. The van der Waals surface area contributed by atoms with Gasteiger partial charge in [0.05, 0.1) is 12.3 Å². The second kappa shape index (κ2) is 7.05. The molecule has 2 N–H and O–H groups in total. The fourth-order valence-electron chi connectivity index (χ4n) is 3.42. The molecule has 8 heteroatoms. The first-order valence-corrected chi connectivity index (χ1v) is 8.84. The molecule has 1 saturated heterocycles. The molecule has 1 aromatic heterocycles. The number of ether oxygens (including phenoxy) is 2. The van der Waals surface area contributed by atoms with Gasteiger partial charge < -0.3 is 24.8 Å². The zero-order valence-corrected chi connectivity index (χ0v) is 15.0. The number of carbonyl (C=O) groups excluding carboxylic acids is 1. The van der Waals surface area contributed by atoms with E-state index in [1.165, 1.54) is 4.57 Å². The Bertz CT molecular complexity index is 939. The quantitative estimate of drug-likeness (QED) is 0.805. The number of aromatic nitrogens is 1. The first-order chi connectivity index (χ1) is 13.1. The average molecular weight is 371 g/mol. The Morgan fingerprint density at radius 2 is 2.11 bits per heavy atom. The van der Waals surface area contributed by atoms with Gasteiger partial charge in [-0.05, 0) is 30.7 Å². The highest BCUT2D eigenvalue weighted by atomic mass is 16.7. The Morgan fingerprint density at radius 3 is 2.93 bits per heavy atom. The van der Waals surface area contributed by atoms with Crippen LogP contribution in [-0.4, -0.2) is 59.6 Å². The van der Waals surface area contributed by atoms with Crippen LogP contribution in [0.2, 0.25) is 0 Å². The van der Waals surface area contributed by atoms with Crippen molar-refractivity contribution >= 4 is 5.91 Å². The maximum absolute atomic E-state index is 13.1. The van der Waals surface area contributed by atoms with E-state index in [1.54, 1.807) is 42.3 Å². The van der Waals surface area contributed by atoms with Gasteiger partial charge in [0.1, 0.15) is 5.56 Å². The molecular formula is C19H21N3O5. The molecule has 2 aliphatic heterocycles. The maximum atomic E-state index is 13.1. The summed E-state index contributed by atoms with van der Waals surface area (Å²) in [4.78, 5) is 27.8. The molecule has 1 fully saturated rings. The lowest BCUT2D eigenvalue weighted by Crippen LogP contribution is -2.54. The van der Waals surface area contributed by atoms with Crippen LogP contribution >= 0.6 is 0 Å². The summed E-state index contributed by atoms with van der Waals surface area (Å²) in [6, 6.07) is 6.80. The minimum atomic E-state index is -0.377. The molecule has 142 valence electrons. The Hall–Kier alpha value is -2.84. The first kappa shape index (κ1) is 17.6. The molecule has 2 aromatic rings. The number of piperazine rings is 1. The standard InChI is InChI=1S/C19H21N3O5/c1-12-4-6-22(14-2-3-15-16(8-14)27-11-26-15)19(25)17(12)18(24)21-7-5-20-13(9-21)10-23/h2-4,6,8,13,20,23H,5,7,9-11H2,1H3. The number of fused-ring (bicyclic) bond motifs is 1. The molecule has 3 heterocycles. The van der Waals surface area contributed by atoms with Gasteiger partial charge in [0.25, 0.3) is 11.5 Å². The van der Waals surface area contributed by atoms with Crippen molar-refractivity contribution in [2.24, 2.45) is 0 Å². The number of nitrogens with one attached hydrogen (secondary N) is 1. The van der Waals surface area contributed by atoms with Crippen molar-refractivity contribution in [3.8, 4) is 17.2 Å². The number of hydrogen-bond donors (Lipinski definition) is 2. The van der Waals surface area contributed by atoms with Crippen LogP contribution < -0.4 is 20.3 Å². The van der Waals surface area contributed by atoms with Gasteiger partial charge in [-0.2, -0.15) is 0 Å². The highest BCUT2D eigenvalue weighted by molar-refractivity contribution is 5.95. The van der Waals surface area contributed by atoms with Gasteiger partial charge in [0.2, 0.25) is 6.79 Å². The fraction of sp³-hybridized carbons (Fsp3) is 0.368. The lowest BCUT2D eigenvalue weighted by atomic mass is 10.1. The van der Waals surface area contributed by atoms with Gasteiger partial charge in [-0.3, -0.25) is 14.2 Å². The van der Waals surface area contributed by atoms with Gasteiger partial charge >= 0.3 is 0 Å². The minimum absolute atomic E-state index is 0.0566. The normalized spacial score (nSPS) is 18.6. The van der Waals surface area contributed by atoms with Gasteiger partial charge in [-0.15, -0.1) is 0 Å². The van der Waals surface area contributed by atoms with E-state index < -0.39 is 0 Å². The number of rotatable bonds is 3. The summed E-state index contributed by atoms with van der Waals surface area (Å²) >= 11 is 0. The highest BCUT2D eigenvalue weighted by Crippen LogP contribution is 2.33. The molecule has 1 aromatic carbocycles. The molecule has 0 saturated carbocycles. The number of aryl methyl sites for hydroxylation is 1. The summed E-state index contributed by atoms with van der Waals surface area (Å²) in [6.45, 7) is 3.29. The van der Waals surface area contributed by atoms with E-state index in [2.05, 4.69) is 5.32 Å². The zero-order valence-electron chi connectivity index (χ0n) is 15.0.